The highest BCUT2D eigenvalue weighted by molar-refractivity contribution is 6.04. The van der Waals surface area contributed by atoms with Gasteiger partial charge in [-0.1, -0.05) is 12.1 Å². The Morgan fingerprint density at radius 2 is 1.74 bits per heavy atom. The summed E-state index contributed by atoms with van der Waals surface area (Å²) in [6.45, 7) is -0.879. The van der Waals surface area contributed by atoms with Crippen LogP contribution < -0.4 is 5.32 Å². The van der Waals surface area contributed by atoms with Crippen LogP contribution in [0.2, 0.25) is 0 Å². The normalized spacial score (nSPS) is 18.5. The predicted octanol–water partition coefficient (Wildman–Crippen LogP) is 2.31. The quantitative estimate of drug-likeness (QED) is 0.663. The summed E-state index contributed by atoms with van der Waals surface area (Å²) in [5.41, 5.74) is 0.217. The van der Waals surface area contributed by atoms with Crippen molar-refractivity contribution in [1.82, 2.24) is 9.80 Å². The van der Waals surface area contributed by atoms with Crippen molar-refractivity contribution in [3.63, 3.8) is 0 Å². The Labute approximate surface area is 193 Å². The zero-order chi connectivity index (χ0) is 25.0. The van der Waals surface area contributed by atoms with Crippen LogP contribution in [0.5, 0.6) is 0 Å². The first-order valence-corrected chi connectivity index (χ1v) is 10.3. The summed E-state index contributed by atoms with van der Waals surface area (Å²) in [5, 5.41) is 12.5. The first-order chi connectivity index (χ1) is 16.0. The molecule has 2 unspecified atom stereocenters. The lowest BCUT2D eigenvalue weighted by Crippen LogP contribution is -2.55. The van der Waals surface area contributed by atoms with Crippen LogP contribution in [0, 0.1) is 0 Å². The number of alkyl halides is 3. The van der Waals surface area contributed by atoms with Crippen molar-refractivity contribution in [2.75, 3.05) is 39.2 Å². The molecule has 2 atom stereocenters. The molecule has 0 aromatic heterocycles. The van der Waals surface area contributed by atoms with Crippen molar-refractivity contribution in [2.24, 2.45) is 0 Å². The van der Waals surface area contributed by atoms with Gasteiger partial charge in [0.15, 0.2) is 0 Å². The number of benzene rings is 2. The molecule has 0 bridgehead atoms. The molecule has 1 aliphatic rings. The topological polar surface area (TPSA) is 99.2 Å². The van der Waals surface area contributed by atoms with Gasteiger partial charge in [-0.3, -0.25) is 14.4 Å². The second-order valence-corrected chi connectivity index (χ2v) is 7.94. The van der Waals surface area contributed by atoms with Crippen molar-refractivity contribution in [2.45, 2.75) is 18.3 Å². The molecule has 1 saturated heterocycles. The lowest BCUT2D eigenvalue weighted by atomic mass is 9.99. The summed E-state index contributed by atoms with van der Waals surface area (Å²) in [4.78, 5) is 39.4. The Balaban J connectivity index is 1.71. The van der Waals surface area contributed by atoms with E-state index < -0.39 is 42.3 Å². The van der Waals surface area contributed by atoms with E-state index in [1.54, 1.807) is 38.4 Å². The van der Waals surface area contributed by atoms with E-state index in [1.807, 2.05) is 0 Å². The highest BCUT2D eigenvalue weighted by Gasteiger charge is 2.38. The molecule has 1 heterocycles. The summed E-state index contributed by atoms with van der Waals surface area (Å²) in [7, 11) is 3.13. The molecule has 2 N–H and O–H groups in total. The minimum atomic E-state index is -4.49. The van der Waals surface area contributed by atoms with Gasteiger partial charge in [0.25, 0.3) is 5.91 Å². The van der Waals surface area contributed by atoms with E-state index in [0.717, 1.165) is 24.3 Å². The number of halogens is 3. The lowest BCUT2D eigenvalue weighted by molar-refractivity contribution is -0.164. The number of amides is 3. The molecular formula is C23H24F3N3O5. The lowest BCUT2D eigenvalue weighted by Gasteiger charge is -2.40. The number of nitrogens with one attached hydrogen (secondary N) is 1. The van der Waals surface area contributed by atoms with Crippen molar-refractivity contribution >= 4 is 23.4 Å². The van der Waals surface area contributed by atoms with Crippen LogP contribution in [0.15, 0.2) is 48.5 Å². The molecule has 1 aliphatic heterocycles. The third-order valence-electron chi connectivity index (χ3n) is 5.42. The van der Waals surface area contributed by atoms with E-state index >= 15 is 0 Å². The summed E-state index contributed by atoms with van der Waals surface area (Å²) >= 11 is 0. The number of ether oxygens (including phenoxy) is 1. The van der Waals surface area contributed by atoms with Gasteiger partial charge in [-0.05, 0) is 42.0 Å². The number of nitrogens with zero attached hydrogens (tertiary/aromatic N) is 2. The number of anilines is 1. The Kier molecular flexibility index (Phi) is 7.57. The average molecular weight is 479 g/mol. The number of carbonyl (C=O) groups is 3. The standard InChI is InChI=1S/C23H24F3N3O5/c1-28(2)19(31)11-29-18(12-30)21(34-13-20(29)32)14-5-9-17(10-6-14)27-22(33)15-3-7-16(8-4-15)23(24,25)26/h3-10,18,21,30H,11-13H2,1-2H3,(H,27,33). The second-order valence-electron chi connectivity index (χ2n) is 7.94. The van der Waals surface area contributed by atoms with Gasteiger partial charge < -0.3 is 25.0 Å². The maximum absolute atomic E-state index is 12.7. The molecule has 0 spiro atoms. The third kappa shape index (κ3) is 5.72. The van der Waals surface area contributed by atoms with Crippen molar-refractivity contribution in [3.05, 3.63) is 65.2 Å². The van der Waals surface area contributed by atoms with Gasteiger partial charge in [0.1, 0.15) is 19.3 Å². The number of hydrogen-bond donors (Lipinski definition) is 2. The maximum Gasteiger partial charge on any atom is 0.416 e. The average Bonchev–Trinajstić information content (AvgIpc) is 2.80. The van der Waals surface area contributed by atoms with E-state index in [4.69, 9.17) is 4.74 Å². The molecule has 1 fully saturated rings. The Bertz CT molecular complexity index is 1040. The van der Waals surface area contributed by atoms with Gasteiger partial charge in [-0.2, -0.15) is 13.2 Å². The summed E-state index contributed by atoms with van der Waals surface area (Å²) in [5.74, 6) is -1.29. The van der Waals surface area contributed by atoms with E-state index in [9.17, 15) is 32.7 Å². The number of carbonyl (C=O) groups excluding carboxylic acids is 3. The number of aliphatic hydroxyl groups excluding tert-OH is 1. The van der Waals surface area contributed by atoms with Crippen LogP contribution >= 0.6 is 0 Å². The number of morpholine rings is 1. The number of likely N-dealkylation sites (N-methyl/N-ethyl adjacent to an activating group) is 1. The van der Waals surface area contributed by atoms with Gasteiger partial charge >= 0.3 is 6.18 Å². The van der Waals surface area contributed by atoms with Crippen LogP contribution in [0.25, 0.3) is 0 Å². The second kappa shape index (κ2) is 10.2. The largest absolute Gasteiger partial charge is 0.416 e. The molecule has 0 radical (unpaired) electrons. The molecule has 11 heteroatoms. The maximum atomic E-state index is 12.7. The Morgan fingerprint density at radius 3 is 2.26 bits per heavy atom. The molecule has 8 nitrogen and oxygen atoms in total. The Morgan fingerprint density at radius 1 is 1.12 bits per heavy atom. The molecule has 3 amide bonds. The van der Waals surface area contributed by atoms with Crippen molar-refractivity contribution in [3.8, 4) is 0 Å². The Hall–Kier alpha value is -3.44. The molecule has 0 saturated carbocycles. The predicted molar refractivity (Wildman–Crippen MR) is 116 cm³/mol. The van der Waals surface area contributed by atoms with E-state index in [2.05, 4.69) is 5.32 Å². The third-order valence-corrected chi connectivity index (χ3v) is 5.42. The summed E-state index contributed by atoms with van der Waals surface area (Å²) in [6, 6.07) is 9.49. The van der Waals surface area contributed by atoms with Gasteiger partial charge in [0, 0.05) is 25.3 Å². The van der Waals surface area contributed by atoms with Crippen LogP contribution in [0.4, 0.5) is 18.9 Å². The van der Waals surface area contributed by atoms with E-state index in [0.29, 0.717) is 11.3 Å². The van der Waals surface area contributed by atoms with Crippen LogP contribution in [0.1, 0.15) is 27.6 Å². The number of aliphatic hydroxyl groups is 1. The summed E-state index contributed by atoms with van der Waals surface area (Å²) < 4.78 is 43.7. The minimum absolute atomic E-state index is 0.0627. The monoisotopic (exact) mass is 479 g/mol. The first-order valence-electron chi connectivity index (χ1n) is 10.3. The van der Waals surface area contributed by atoms with Crippen LogP contribution in [-0.4, -0.2) is 72.5 Å². The molecule has 2 aromatic rings. The molecular weight excluding hydrogens is 455 g/mol. The van der Waals surface area contributed by atoms with Gasteiger partial charge in [0.2, 0.25) is 11.8 Å². The van der Waals surface area contributed by atoms with Crippen LogP contribution in [-0.2, 0) is 20.5 Å². The van der Waals surface area contributed by atoms with Crippen LogP contribution in [0.3, 0.4) is 0 Å². The SMILES string of the molecule is CN(C)C(=O)CN1C(=O)COC(c2ccc(NC(=O)c3ccc(C(F)(F)F)cc3)cc2)C1CO. The van der Waals surface area contributed by atoms with E-state index in [-0.39, 0.29) is 24.6 Å². The fourth-order valence-corrected chi connectivity index (χ4v) is 3.48. The first kappa shape index (κ1) is 25.2. The molecule has 2 aromatic carbocycles. The smallest absolute Gasteiger partial charge is 0.394 e. The van der Waals surface area contributed by atoms with Gasteiger partial charge in [-0.15, -0.1) is 0 Å². The molecule has 34 heavy (non-hydrogen) atoms. The number of rotatable bonds is 6. The van der Waals surface area contributed by atoms with Gasteiger partial charge in [0.05, 0.1) is 18.2 Å². The molecule has 182 valence electrons. The minimum Gasteiger partial charge on any atom is -0.394 e. The molecule has 0 aliphatic carbocycles. The zero-order valence-corrected chi connectivity index (χ0v) is 18.5. The summed E-state index contributed by atoms with van der Waals surface area (Å²) in [6.07, 6.45) is -5.18. The van der Waals surface area contributed by atoms with E-state index in [1.165, 1.54) is 9.80 Å². The zero-order valence-electron chi connectivity index (χ0n) is 18.5. The fraction of sp³-hybridized carbons (Fsp3) is 0.348. The highest BCUT2D eigenvalue weighted by Crippen LogP contribution is 2.31. The fourth-order valence-electron chi connectivity index (χ4n) is 3.48. The van der Waals surface area contributed by atoms with Crippen molar-refractivity contribution in [1.29, 1.82) is 0 Å². The van der Waals surface area contributed by atoms with Crippen molar-refractivity contribution < 1.29 is 37.4 Å². The highest BCUT2D eigenvalue weighted by atomic mass is 19.4. The number of hydrogen-bond acceptors (Lipinski definition) is 5. The molecule has 3 rings (SSSR count). The van der Waals surface area contributed by atoms with Gasteiger partial charge in [-0.25, -0.2) is 0 Å².